The van der Waals surface area contributed by atoms with Crippen molar-refractivity contribution in [3.05, 3.63) is 81.6 Å². The van der Waals surface area contributed by atoms with Gasteiger partial charge in [0.1, 0.15) is 5.75 Å². The van der Waals surface area contributed by atoms with Gasteiger partial charge in [0.25, 0.3) is 11.5 Å². The van der Waals surface area contributed by atoms with Gasteiger partial charge in [-0.05, 0) is 36.4 Å². The van der Waals surface area contributed by atoms with E-state index < -0.39 is 0 Å². The second kappa shape index (κ2) is 8.51. The lowest BCUT2D eigenvalue weighted by Crippen LogP contribution is -2.31. The first kappa shape index (κ1) is 18.7. The summed E-state index contributed by atoms with van der Waals surface area (Å²) in [6, 6.07) is 17.2. The molecule has 0 fully saturated rings. The standard InChI is InChI=1S/C20H18ClN3O3/c1-27-17-4-2-3-15(13-17)20(26)22-11-12-24-19(25)10-9-18(23-24)14-5-7-16(21)8-6-14/h2-10,13H,11-12H2,1H3,(H,22,26). The van der Waals surface area contributed by atoms with E-state index in [0.717, 1.165) is 5.56 Å². The van der Waals surface area contributed by atoms with Crippen molar-refractivity contribution in [1.82, 2.24) is 15.1 Å². The molecule has 1 heterocycles. The molecule has 0 aliphatic heterocycles. The minimum atomic E-state index is -0.240. The first-order valence-corrected chi connectivity index (χ1v) is 8.71. The Morgan fingerprint density at radius 1 is 1.15 bits per heavy atom. The highest BCUT2D eigenvalue weighted by molar-refractivity contribution is 6.30. The molecule has 3 aromatic rings. The smallest absolute Gasteiger partial charge is 0.266 e. The number of methoxy groups -OCH3 is 1. The number of nitrogens with one attached hydrogen (secondary N) is 1. The third kappa shape index (κ3) is 4.74. The number of hydrogen-bond acceptors (Lipinski definition) is 4. The summed E-state index contributed by atoms with van der Waals surface area (Å²) < 4.78 is 6.44. The Hall–Kier alpha value is -3.12. The summed E-state index contributed by atoms with van der Waals surface area (Å²) in [5.41, 5.74) is 1.77. The number of ether oxygens (including phenoxy) is 1. The van der Waals surface area contributed by atoms with Gasteiger partial charge in [-0.1, -0.05) is 29.8 Å². The fourth-order valence-electron chi connectivity index (χ4n) is 2.53. The van der Waals surface area contributed by atoms with Crippen LogP contribution in [0.2, 0.25) is 5.02 Å². The minimum Gasteiger partial charge on any atom is -0.497 e. The molecule has 1 aromatic heterocycles. The number of halogens is 1. The molecule has 0 atom stereocenters. The summed E-state index contributed by atoms with van der Waals surface area (Å²) in [7, 11) is 1.54. The van der Waals surface area contributed by atoms with Crippen LogP contribution in [0.1, 0.15) is 10.4 Å². The molecule has 0 aliphatic carbocycles. The van der Waals surface area contributed by atoms with Crippen LogP contribution in [0, 0.1) is 0 Å². The maximum atomic E-state index is 12.2. The number of hydrogen-bond donors (Lipinski definition) is 1. The molecule has 27 heavy (non-hydrogen) atoms. The summed E-state index contributed by atoms with van der Waals surface area (Å²) in [4.78, 5) is 24.3. The quantitative estimate of drug-likeness (QED) is 0.710. The molecule has 138 valence electrons. The highest BCUT2D eigenvalue weighted by atomic mass is 35.5. The number of carbonyl (C=O) groups is 1. The molecule has 0 radical (unpaired) electrons. The highest BCUT2D eigenvalue weighted by Crippen LogP contribution is 2.18. The third-order valence-electron chi connectivity index (χ3n) is 3.95. The van der Waals surface area contributed by atoms with Crippen molar-refractivity contribution in [2.75, 3.05) is 13.7 Å². The first-order valence-electron chi connectivity index (χ1n) is 8.33. The van der Waals surface area contributed by atoms with Crippen LogP contribution in [0.25, 0.3) is 11.3 Å². The van der Waals surface area contributed by atoms with Gasteiger partial charge in [-0.3, -0.25) is 9.59 Å². The number of carbonyl (C=O) groups excluding carboxylic acids is 1. The van der Waals surface area contributed by atoms with E-state index in [1.165, 1.54) is 10.7 Å². The molecular weight excluding hydrogens is 366 g/mol. The van der Waals surface area contributed by atoms with Crippen LogP contribution >= 0.6 is 11.6 Å². The van der Waals surface area contributed by atoms with Gasteiger partial charge in [-0.15, -0.1) is 0 Å². The molecule has 0 bridgehead atoms. The number of rotatable bonds is 6. The second-order valence-corrected chi connectivity index (χ2v) is 6.21. The molecule has 3 rings (SSSR count). The molecule has 0 unspecified atom stereocenters. The van der Waals surface area contributed by atoms with Crippen LogP contribution in [-0.4, -0.2) is 29.3 Å². The average molecular weight is 384 g/mol. The minimum absolute atomic E-state index is 0.233. The molecule has 1 N–H and O–H groups in total. The summed E-state index contributed by atoms with van der Waals surface area (Å²) in [6.07, 6.45) is 0. The lowest BCUT2D eigenvalue weighted by atomic mass is 10.1. The molecule has 0 spiro atoms. The molecule has 1 amide bonds. The van der Waals surface area contributed by atoms with Crippen LogP contribution in [0.5, 0.6) is 5.75 Å². The first-order chi connectivity index (χ1) is 13.1. The second-order valence-electron chi connectivity index (χ2n) is 5.77. The topological polar surface area (TPSA) is 73.2 Å². The van der Waals surface area contributed by atoms with Crippen molar-refractivity contribution in [2.24, 2.45) is 0 Å². The van der Waals surface area contributed by atoms with Gasteiger partial charge in [0.15, 0.2) is 0 Å². The van der Waals surface area contributed by atoms with E-state index in [-0.39, 0.29) is 24.6 Å². The van der Waals surface area contributed by atoms with Gasteiger partial charge in [0.2, 0.25) is 0 Å². The maximum Gasteiger partial charge on any atom is 0.266 e. The Morgan fingerprint density at radius 3 is 2.67 bits per heavy atom. The average Bonchev–Trinajstić information content (AvgIpc) is 2.70. The van der Waals surface area contributed by atoms with E-state index in [9.17, 15) is 9.59 Å². The van der Waals surface area contributed by atoms with Crippen LogP contribution in [0.3, 0.4) is 0 Å². The van der Waals surface area contributed by atoms with E-state index in [2.05, 4.69) is 10.4 Å². The van der Waals surface area contributed by atoms with Crippen LogP contribution in [-0.2, 0) is 6.54 Å². The van der Waals surface area contributed by atoms with E-state index >= 15 is 0 Å². The Morgan fingerprint density at radius 2 is 1.93 bits per heavy atom. The molecule has 0 saturated carbocycles. The molecular formula is C20H18ClN3O3. The highest BCUT2D eigenvalue weighted by Gasteiger charge is 2.07. The van der Waals surface area contributed by atoms with Crippen molar-refractivity contribution < 1.29 is 9.53 Å². The number of nitrogens with zero attached hydrogens (tertiary/aromatic N) is 2. The van der Waals surface area contributed by atoms with Crippen molar-refractivity contribution in [3.63, 3.8) is 0 Å². The monoisotopic (exact) mass is 383 g/mol. The number of amides is 1. The lowest BCUT2D eigenvalue weighted by Gasteiger charge is -2.09. The van der Waals surface area contributed by atoms with Gasteiger partial charge in [-0.25, -0.2) is 4.68 Å². The van der Waals surface area contributed by atoms with E-state index in [0.29, 0.717) is 22.0 Å². The van der Waals surface area contributed by atoms with Crippen molar-refractivity contribution in [1.29, 1.82) is 0 Å². The molecule has 7 heteroatoms. The Balaban J connectivity index is 1.67. The summed E-state index contributed by atoms with van der Waals surface area (Å²) in [5.74, 6) is 0.368. The predicted molar refractivity (Wildman–Crippen MR) is 104 cm³/mol. The molecule has 2 aromatic carbocycles. The van der Waals surface area contributed by atoms with Crippen LogP contribution in [0.4, 0.5) is 0 Å². The Bertz CT molecular complexity index is 1000. The SMILES string of the molecule is COc1cccc(C(=O)NCCn2nc(-c3ccc(Cl)cc3)ccc2=O)c1. The Kier molecular flexibility index (Phi) is 5.88. The van der Waals surface area contributed by atoms with Gasteiger partial charge >= 0.3 is 0 Å². The Labute approximate surface area is 161 Å². The fourth-order valence-corrected chi connectivity index (χ4v) is 2.65. The third-order valence-corrected chi connectivity index (χ3v) is 4.20. The fraction of sp³-hybridized carbons (Fsp3) is 0.150. The van der Waals surface area contributed by atoms with Gasteiger partial charge < -0.3 is 10.1 Å². The van der Waals surface area contributed by atoms with Crippen molar-refractivity contribution in [2.45, 2.75) is 6.54 Å². The van der Waals surface area contributed by atoms with Gasteiger partial charge in [0.05, 0.1) is 19.3 Å². The van der Waals surface area contributed by atoms with E-state index in [4.69, 9.17) is 16.3 Å². The summed E-state index contributed by atoms with van der Waals surface area (Å²) in [6.45, 7) is 0.531. The number of benzene rings is 2. The maximum absolute atomic E-state index is 12.2. The lowest BCUT2D eigenvalue weighted by molar-refractivity contribution is 0.0951. The van der Waals surface area contributed by atoms with Crippen molar-refractivity contribution >= 4 is 17.5 Å². The van der Waals surface area contributed by atoms with Crippen LogP contribution in [0.15, 0.2) is 65.5 Å². The molecule has 0 aliphatic rings. The summed E-state index contributed by atoms with van der Waals surface area (Å²) >= 11 is 5.90. The zero-order valence-corrected chi connectivity index (χ0v) is 15.4. The normalized spacial score (nSPS) is 10.4. The number of aromatic nitrogens is 2. The largest absolute Gasteiger partial charge is 0.497 e. The zero-order valence-electron chi connectivity index (χ0n) is 14.7. The molecule has 0 saturated heterocycles. The summed E-state index contributed by atoms with van der Waals surface area (Å²) in [5, 5.41) is 7.77. The zero-order chi connectivity index (χ0) is 19.2. The van der Waals surface area contributed by atoms with Crippen LogP contribution < -0.4 is 15.6 Å². The van der Waals surface area contributed by atoms with E-state index in [1.807, 2.05) is 12.1 Å². The predicted octanol–water partition coefficient (Wildman–Crippen LogP) is 3.00. The van der Waals surface area contributed by atoms with Crippen molar-refractivity contribution in [3.8, 4) is 17.0 Å². The van der Waals surface area contributed by atoms with Gasteiger partial charge in [-0.2, -0.15) is 5.10 Å². The van der Waals surface area contributed by atoms with Gasteiger partial charge in [0, 0.05) is 28.8 Å². The molecule has 6 nitrogen and oxygen atoms in total. The van der Waals surface area contributed by atoms with E-state index in [1.54, 1.807) is 49.6 Å².